The fourth-order valence-corrected chi connectivity index (χ4v) is 2.64. The number of imidazole rings is 1. The molecule has 0 amide bonds. The summed E-state index contributed by atoms with van der Waals surface area (Å²) < 4.78 is 1.44. The van der Waals surface area contributed by atoms with Gasteiger partial charge in [0.05, 0.1) is 9.80 Å². The Balaban J connectivity index is 2.39. The zero-order valence-electron chi connectivity index (χ0n) is 9.52. The van der Waals surface area contributed by atoms with Gasteiger partial charge >= 0.3 is 5.69 Å². The Hall–Kier alpha value is -2.54. The number of hydrogen-bond acceptors (Lipinski definition) is 5. The van der Waals surface area contributed by atoms with Gasteiger partial charge in [-0.05, 0) is 17.5 Å². The number of aldehydes is 1. The molecule has 0 atom stereocenters. The summed E-state index contributed by atoms with van der Waals surface area (Å²) in [6.07, 6.45) is 2.26. The Morgan fingerprint density at radius 1 is 1.37 bits per heavy atom. The highest BCUT2D eigenvalue weighted by Gasteiger charge is 2.20. The first kappa shape index (κ1) is 11.5. The van der Waals surface area contributed by atoms with E-state index >= 15 is 0 Å². The van der Waals surface area contributed by atoms with Crippen molar-refractivity contribution in [1.29, 1.82) is 0 Å². The number of nitro groups is 1. The SMILES string of the molecule is O=Cc1c(-c2cccs2)nc2c([N+](=O)[O-])cccn12. The summed E-state index contributed by atoms with van der Waals surface area (Å²) in [4.78, 5) is 26.8. The van der Waals surface area contributed by atoms with Crippen molar-refractivity contribution >= 4 is 29.0 Å². The lowest BCUT2D eigenvalue weighted by atomic mass is 10.3. The summed E-state index contributed by atoms with van der Waals surface area (Å²) >= 11 is 1.43. The summed E-state index contributed by atoms with van der Waals surface area (Å²) in [7, 11) is 0. The van der Waals surface area contributed by atoms with Gasteiger partial charge in [-0.2, -0.15) is 0 Å². The number of carbonyl (C=O) groups excluding carboxylic acids is 1. The van der Waals surface area contributed by atoms with Gasteiger partial charge in [-0.25, -0.2) is 4.98 Å². The molecule has 0 aliphatic rings. The van der Waals surface area contributed by atoms with Gasteiger partial charge in [-0.3, -0.25) is 19.3 Å². The van der Waals surface area contributed by atoms with E-state index in [1.807, 2.05) is 17.5 Å². The topological polar surface area (TPSA) is 77.5 Å². The van der Waals surface area contributed by atoms with Crippen LogP contribution >= 0.6 is 11.3 Å². The quantitative estimate of drug-likeness (QED) is 0.417. The molecule has 0 spiro atoms. The van der Waals surface area contributed by atoms with Crippen molar-refractivity contribution in [3.8, 4) is 10.6 Å². The van der Waals surface area contributed by atoms with Crippen molar-refractivity contribution in [3.05, 3.63) is 51.7 Å². The predicted molar refractivity (Wildman–Crippen MR) is 70.5 cm³/mol. The first-order valence-electron chi connectivity index (χ1n) is 5.37. The van der Waals surface area contributed by atoms with Crippen LogP contribution in [0.5, 0.6) is 0 Å². The fraction of sp³-hybridized carbons (Fsp3) is 0. The third-order valence-electron chi connectivity index (χ3n) is 2.73. The molecule has 3 rings (SSSR count). The molecule has 3 aromatic rings. The van der Waals surface area contributed by atoms with E-state index < -0.39 is 4.92 Å². The van der Waals surface area contributed by atoms with E-state index in [2.05, 4.69) is 4.98 Å². The minimum absolute atomic E-state index is 0.117. The number of carbonyl (C=O) groups is 1. The third-order valence-corrected chi connectivity index (χ3v) is 3.61. The number of fused-ring (bicyclic) bond motifs is 1. The molecule has 0 bridgehead atoms. The minimum atomic E-state index is -0.505. The first-order valence-corrected chi connectivity index (χ1v) is 6.25. The summed E-state index contributed by atoms with van der Waals surface area (Å²) in [6, 6.07) is 6.56. The average Bonchev–Trinajstić information content (AvgIpc) is 3.04. The largest absolute Gasteiger partial charge is 0.312 e. The molecule has 0 aliphatic carbocycles. The molecule has 0 saturated carbocycles. The second-order valence-electron chi connectivity index (χ2n) is 3.78. The summed E-state index contributed by atoms with van der Waals surface area (Å²) in [6.45, 7) is 0. The number of pyridine rings is 1. The van der Waals surface area contributed by atoms with E-state index in [0.717, 1.165) is 4.88 Å². The van der Waals surface area contributed by atoms with E-state index in [-0.39, 0.29) is 11.3 Å². The van der Waals surface area contributed by atoms with E-state index in [1.165, 1.54) is 27.9 Å². The summed E-state index contributed by atoms with van der Waals surface area (Å²) in [5, 5.41) is 12.8. The Kier molecular flexibility index (Phi) is 2.60. The van der Waals surface area contributed by atoms with Crippen LogP contribution in [0.2, 0.25) is 0 Å². The molecule has 0 N–H and O–H groups in total. The molecule has 6 nitrogen and oxygen atoms in total. The number of rotatable bonds is 3. The van der Waals surface area contributed by atoms with Crippen molar-refractivity contribution in [2.75, 3.05) is 0 Å². The van der Waals surface area contributed by atoms with E-state index in [4.69, 9.17) is 0 Å². The van der Waals surface area contributed by atoms with Crippen LogP contribution in [0.4, 0.5) is 5.69 Å². The monoisotopic (exact) mass is 273 g/mol. The lowest BCUT2D eigenvalue weighted by Gasteiger charge is -1.96. The minimum Gasteiger partial charge on any atom is -0.296 e. The highest BCUT2D eigenvalue weighted by molar-refractivity contribution is 7.13. The first-order chi connectivity index (χ1) is 9.22. The van der Waals surface area contributed by atoms with Crippen LogP contribution in [0.3, 0.4) is 0 Å². The fourth-order valence-electron chi connectivity index (χ4n) is 1.92. The van der Waals surface area contributed by atoms with Crippen LogP contribution in [-0.2, 0) is 0 Å². The van der Waals surface area contributed by atoms with Crippen molar-refractivity contribution in [3.63, 3.8) is 0 Å². The molecule has 0 unspecified atom stereocenters. The lowest BCUT2D eigenvalue weighted by molar-refractivity contribution is -0.383. The molecule has 94 valence electrons. The van der Waals surface area contributed by atoms with Gasteiger partial charge < -0.3 is 0 Å². The van der Waals surface area contributed by atoms with Crippen LogP contribution in [0, 0.1) is 10.1 Å². The highest BCUT2D eigenvalue weighted by Crippen LogP contribution is 2.30. The van der Waals surface area contributed by atoms with Crippen LogP contribution in [0.25, 0.3) is 16.2 Å². The molecule has 19 heavy (non-hydrogen) atoms. The average molecular weight is 273 g/mol. The van der Waals surface area contributed by atoms with E-state index in [9.17, 15) is 14.9 Å². The third kappa shape index (κ3) is 1.71. The number of aromatic nitrogens is 2. The predicted octanol–water partition coefficient (Wildman–Crippen LogP) is 2.78. The molecular weight excluding hydrogens is 266 g/mol. The number of hydrogen-bond donors (Lipinski definition) is 0. The van der Waals surface area contributed by atoms with Crippen molar-refractivity contribution < 1.29 is 9.72 Å². The molecule has 0 aliphatic heterocycles. The Bertz CT molecular complexity index is 777. The molecule has 7 heteroatoms. The molecule has 3 heterocycles. The van der Waals surface area contributed by atoms with Gasteiger partial charge in [0.15, 0.2) is 6.29 Å². The van der Waals surface area contributed by atoms with Crippen molar-refractivity contribution in [2.45, 2.75) is 0 Å². The van der Waals surface area contributed by atoms with Gasteiger partial charge in [0, 0.05) is 12.3 Å². The smallest absolute Gasteiger partial charge is 0.296 e. The molecular formula is C12H7N3O3S. The van der Waals surface area contributed by atoms with Crippen molar-refractivity contribution in [2.24, 2.45) is 0 Å². The Labute approximate surface area is 111 Å². The Morgan fingerprint density at radius 2 is 2.21 bits per heavy atom. The van der Waals surface area contributed by atoms with Gasteiger partial charge in [0.2, 0.25) is 5.65 Å². The molecule has 0 radical (unpaired) electrons. The van der Waals surface area contributed by atoms with Crippen LogP contribution in [0.1, 0.15) is 10.5 Å². The normalized spacial score (nSPS) is 10.7. The summed E-state index contributed by atoms with van der Waals surface area (Å²) in [5.41, 5.74) is 0.854. The zero-order valence-corrected chi connectivity index (χ0v) is 10.3. The number of thiophene rings is 1. The van der Waals surface area contributed by atoms with Gasteiger partial charge in [-0.1, -0.05) is 6.07 Å². The Morgan fingerprint density at radius 3 is 2.84 bits per heavy atom. The lowest BCUT2D eigenvalue weighted by Crippen LogP contribution is -1.95. The highest BCUT2D eigenvalue weighted by atomic mass is 32.1. The van der Waals surface area contributed by atoms with Crippen LogP contribution < -0.4 is 0 Å². The van der Waals surface area contributed by atoms with E-state index in [1.54, 1.807) is 6.20 Å². The van der Waals surface area contributed by atoms with Crippen LogP contribution in [0.15, 0.2) is 35.8 Å². The summed E-state index contributed by atoms with van der Waals surface area (Å²) in [5.74, 6) is 0. The van der Waals surface area contributed by atoms with Gasteiger partial charge in [0.25, 0.3) is 0 Å². The maximum Gasteiger partial charge on any atom is 0.312 e. The van der Waals surface area contributed by atoms with E-state index in [0.29, 0.717) is 17.7 Å². The van der Waals surface area contributed by atoms with Gasteiger partial charge in [0.1, 0.15) is 11.4 Å². The maximum absolute atomic E-state index is 11.3. The molecule has 0 fully saturated rings. The number of nitrogens with zero attached hydrogens (tertiary/aromatic N) is 3. The maximum atomic E-state index is 11.3. The van der Waals surface area contributed by atoms with Crippen molar-refractivity contribution in [1.82, 2.24) is 9.38 Å². The second-order valence-corrected chi connectivity index (χ2v) is 4.73. The zero-order chi connectivity index (χ0) is 13.4. The molecule has 0 aromatic carbocycles. The second kappa shape index (κ2) is 4.29. The van der Waals surface area contributed by atoms with Gasteiger partial charge in [-0.15, -0.1) is 11.3 Å². The molecule has 3 aromatic heterocycles. The standard InChI is InChI=1S/C12H7N3O3S/c16-7-9-11(10-4-2-6-19-10)13-12-8(15(17)18)3-1-5-14(9)12/h1-7H. The molecule has 0 saturated heterocycles. The van der Waals surface area contributed by atoms with Crippen LogP contribution in [-0.4, -0.2) is 20.6 Å².